The van der Waals surface area contributed by atoms with Crippen molar-refractivity contribution in [1.29, 1.82) is 0 Å². The molecule has 1 aromatic carbocycles. The van der Waals surface area contributed by atoms with Crippen molar-refractivity contribution >= 4 is 5.91 Å². The van der Waals surface area contributed by atoms with Crippen LogP contribution in [0.2, 0.25) is 0 Å². The molecule has 0 aliphatic rings. The van der Waals surface area contributed by atoms with Crippen LogP contribution in [0.1, 0.15) is 71.6 Å². The highest BCUT2D eigenvalue weighted by Crippen LogP contribution is 2.30. The number of hydrogen-bond donors (Lipinski definition) is 1. The average molecular weight is 275 g/mol. The number of benzene rings is 1. The zero-order chi connectivity index (χ0) is 15.6. The molecule has 0 bridgehead atoms. The monoisotopic (exact) mass is 275 g/mol. The second-order valence-electron chi connectivity index (χ2n) is 7.55. The highest BCUT2D eigenvalue weighted by molar-refractivity contribution is 5.75. The summed E-state index contributed by atoms with van der Waals surface area (Å²) in [6.07, 6.45) is 0.533. The molecule has 0 saturated heterocycles. The van der Waals surface area contributed by atoms with Crippen molar-refractivity contribution in [3.05, 3.63) is 34.9 Å². The molecule has 1 aromatic rings. The number of hydrogen-bond acceptors (Lipinski definition) is 1. The number of amides is 1. The highest BCUT2D eigenvalue weighted by Gasteiger charge is 2.20. The van der Waals surface area contributed by atoms with Gasteiger partial charge < -0.3 is 5.32 Å². The standard InChI is InChI=1S/C18H29NO/c1-8-16(20)19-12-13-9-14(17(2,3)4)11-15(10-13)18(5,6)7/h9-11H,8,12H2,1-7H3,(H,19,20). The van der Waals surface area contributed by atoms with Gasteiger partial charge in [0.2, 0.25) is 5.91 Å². The first-order valence-electron chi connectivity index (χ1n) is 7.45. The van der Waals surface area contributed by atoms with Crippen LogP contribution >= 0.6 is 0 Å². The van der Waals surface area contributed by atoms with Crippen molar-refractivity contribution in [1.82, 2.24) is 5.32 Å². The molecule has 20 heavy (non-hydrogen) atoms. The summed E-state index contributed by atoms with van der Waals surface area (Å²) < 4.78 is 0. The lowest BCUT2D eigenvalue weighted by atomic mass is 9.79. The summed E-state index contributed by atoms with van der Waals surface area (Å²) >= 11 is 0. The number of rotatable bonds is 3. The van der Waals surface area contributed by atoms with Crippen molar-refractivity contribution in [2.45, 2.75) is 72.3 Å². The first-order valence-corrected chi connectivity index (χ1v) is 7.45. The molecule has 0 atom stereocenters. The Labute approximate surface area is 124 Å². The lowest BCUT2D eigenvalue weighted by Gasteiger charge is -2.26. The Kier molecular flexibility index (Phi) is 5.01. The van der Waals surface area contributed by atoms with Gasteiger partial charge in [0.25, 0.3) is 0 Å². The molecule has 0 aliphatic carbocycles. The topological polar surface area (TPSA) is 29.1 Å². The van der Waals surface area contributed by atoms with E-state index >= 15 is 0 Å². The zero-order valence-corrected chi connectivity index (χ0v) is 14.1. The maximum absolute atomic E-state index is 11.4. The van der Waals surface area contributed by atoms with E-state index in [9.17, 15) is 4.79 Å². The van der Waals surface area contributed by atoms with Crippen LogP contribution in [-0.2, 0) is 22.2 Å². The molecule has 0 saturated carbocycles. The average Bonchev–Trinajstić information content (AvgIpc) is 2.33. The zero-order valence-electron chi connectivity index (χ0n) is 14.1. The van der Waals surface area contributed by atoms with Gasteiger partial charge in [0.05, 0.1) is 0 Å². The number of carbonyl (C=O) groups is 1. The van der Waals surface area contributed by atoms with Gasteiger partial charge in [-0.25, -0.2) is 0 Å². The fourth-order valence-electron chi connectivity index (χ4n) is 1.99. The van der Waals surface area contributed by atoms with Crippen LogP contribution < -0.4 is 5.32 Å². The van der Waals surface area contributed by atoms with Crippen LogP contribution in [0.4, 0.5) is 0 Å². The minimum absolute atomic E-state index is 0.100. The lowest BCUT2D eigenvalue weighted by molar-refractivity contribution is -0.120. The Hall–Kier alpha value is -1.31. The van der Waals surface area contributed by atoms with Gasteiger partial charge in [-0.3, -0.25) is 4.79 Å². The van der Waals surface area contributed by atoms with Crippen molar-refractivity contribution in [2.75, 3.05) is 0 Å². The van der Waals surface area contributed by atoms with Gasteiger partial charge in [0.15, 0.2) is 0 Å². The molecule has 0 heterocycles. The predicted octanol–water partition coefficient (Wildman–Crippen LogP) is 4.31. The Morgan fingerprint density at radius 2 is 1.40 bits per heavy atom. The van der Waals surface area contributed by atoms with E-state index in [4.69, 9.17) is 0 Å². The summed E-state index contributed by atoms with van der Waals surface area (Å²) in [4.78, 5) is 11.4. The molecule has 0 unspecified atom stereocenters. The molecule has 2 nitrogen and oxygen atoms in total. The molecule has 0 aromatic heterocycles. The summed E-state index contributed by atoms with van der Waals surface area (Å²) in [7, 11) is 0. The lowest BCUT2D eigenvalue weighted by Crippen LogP contribution is -2.23. The van der Waals surface area contributed by atoms with Gasteiger partial charge in [0.1, 0.15) is 0 Å². The molecule has 2 heteroatoms. The normalized spacial score (nSPS) is 12.3. The largest absolute Gasteiger partial charge is 0.352 e. The van der Waals surface area contributed by atoms with Crippen molar-refractivity contribution in [2.24, 2.45) is 0 Å². The first kappa shape index (κ1) is 16.7. The fourth-order valence-corrected chi connectivity index (χ4v) is 1.99. The Bertz CT molecular complexity index is 443. The highest BCUT2D eigenvalue weighted by atomic mass is 16.1. The smallest absolute Gasteiger partial charge is 0.219 e. The van der Waals surface area contributed by atoms with Gasteiger partial charge >= 0.3 is 0 Å². The molecule has 1 amide bonds. The third-order valence-corrected chi connectivity index (χ3v) is 3.54. The van der Waals surface area contributed by atoms with E-state index in [1.807, 2.05) is 6.92 Å². The van der Waals surface area contributed by atoms with Crippen LogP contribution in [0, 0.1) is 0 Å². The molecular weight excluding hydrogens is 246 g/mol. The summed E-state index contributed by atoms with van der Waals surface area (Å²) in [6, 6.07) is 6.72. The Balaban J connectivity index is 3.14. The minimum Gasteiger partial charge on any atom is -0.352 e. The molecule has 1 N–H and O–H groups in total. The van der Waals surface area contributed by atoms with Crippen LogP contribution in [0.3, 0.4) is 0 Å². The molecule has 0 radical (unpaired) electrons. The van der Waals surface area contributed by atoms with Crippen LogP contribution in [-0.4, -0.2) is 5.91 Å². The van der Waals surface area contributed by atoms with Gasteiger partial charge in [-0.15, -0.1) is 0 Å². The molecule has 112 valence electrons. The second-order valence-corrected chi connectivity index (χ2v) is 7.55. The van der Waals surface area contributed by atoms with Crippen LogP contribution in [0.5, 0.6) is 0 Å². The fraction of sp³-hybridized carbons (Fsp3) is 0.611. The van der Waals surface area contributed by atoms with E-state index in [-0.39, 0.29) is 16.7 Å². The third kappa shape index (κ3) is 4.66. The van der Waals surface area contributed by atoms with E-state index in [1.165, 1.54) is 16.7 Å². The summed E-state index contributed by atoms with van der Waals surface area (Å²) in [5.41, 5.74) is 4.07. The maximum Gasteiger partial charge on any atom is 0.219 e. The van der Waals surface area contributed by atoms with Gasteiger partial charge in [-0.2, -0.15) is 0 Å². The molecule has 0 fully saturated rings. The molecule has 0 aliphatic heterocycles. The van der Waals surface area contributed by atoms with Crippen LogP contribution in [0.25, 0.3) is 0 Å². The third-order valence-electron chi connectivity index (χ3n) is 3.54. The number of nitrogens with one attached hydrogen (secondary N) is 1. The molecular formula is C18H29NO. The van der Waals surface area contributed by atoms with Gasteiger partial charge in [-0.05, 0) is 27.5 Å². The van der Waals surface area contributed by atoms with E-state index in [0.717, 1.165) is 0 Å². The maximum atomic E-state index is 11.4. The quantitative estimate of drug-likeness (QED) is 0.875. The summed E-state index contributed by atoms with van der Waals surface area (Å²) in [6.45, 7) is 15.8. The van der Waals surface area contributed by atoms with Crippen LogP contribution in [0.15, 0.2) is 18.2 Å². The van der Waals surface area contributed by atoms with Crippen molar-refractivity contribution in [3.8, 4) is 0 Å². The Morgan fingerprint density at radius 3 is 1.75 bits per heavy atom. The molecule has 1 rings (SSSR count). The van der Waals surface area contributed by atoms with E-state index in [1.54, 1.807) is 0 Å². The SMILES string of the molecule is CCC(=O)NCc1cc(C(C)(C)C)cc(C(C)(C)C)c1. The van der Waals surface area contributed by atoms with Crippen molar-refractivity contribution < 1.29 is 4.79 Å². The summed E-state index contributed by atoms with van der Waals surface area (Å²) in [5.74, 6) is 0.100. The van der Waals surface area contributed by atoms with E-state index in [0.29, 0.717) is 13.0 Å². The van der Waals surface area contributed by atoms with Gasteiger partial charge in [0, 0.05) is 13.0 Å². The molecule has 0 spiro atoms. The van der Waals surface area contributed by atoms with Gasteiger partial charge in [-0.1, -0.05) is 66.7 Å². The Morgan fingerprint density at radius 1 is 0.950 bits per heavy atom. The first-order chi connectivity index (χ1) is 9.04. The summed E-state index contributed by atoms with van der Waals surface area (Å²) in [5, 5.41) is 2.97. The predicted molar refractivity (Wildman–Crippen MR) is 86.0 cm³/mol. The van der Waals surface area contributed by atoms with Crippen molar-refractivity contribution in [3.63, 3.8) is 0 Å². The minimum atomic E-state index is 0.100. The number of carbonyl (C=O) groups excluding carboxylic acids is 1. The second kappa shape index (κ2) is 5.99. The van der Waals surface area contributed by atoms with E-state index in [2.05, 4.69) is 65.1 Å². The van der Waals surface area contributed by atoms with E-state index < -0.39 is 0 Å².